The van der Waals surface area contributed by atoms with Gasteiger partial charge in [0.05, 0.1) is 18.5 Å². The second-order valence-electron chi connectivity index (χ2n) is 6.43. The molecular weight excluding hydrogens is 394 g/mol. The Bertz CT molecular complexity index is 1170. The van der Waals surface area contributed by atoms with Crippen molar-refractivity contribution in [2.45, 2.75) is 19.8 Å². The lowest BCUT2D eigenvalue weighted by Crippen LogP contribution is -2.16. The first-order valence-corrected chi connectivity index (χ1v) is 8.39. The first kappa shape index (κ1) is 20.4. The summed E-state index contributed by atoms with van der Waals surface area (Å²) >= 11 is 0. The largest absolute Gasteiger partial charge is 0.503 e. The van der Waals surface area contributed by atoms with Gasteiger partial charge in [-0.3, -0.25) is 14.2 Å². The predicted molar refractivity (Wildman–Crippen MR) is 94.8 cm³/mol. The molecule has 1 unspecified atom stereocenters. The molecule has 0 amide bonds. The molecule has 0 saturated carbocycles. The van der Waals surface area contributed by atoms with E-state index in [-0.39, 0.29) is 27.7 Å². The molecule has 3 rings (SSSR count). The maximum absolute atomic E-state index is 14.7. The van der Waals surface area contributed by atoms with Gasteiger partial charge in [0.15, 0.2) is 29.0 Å². The number of aromatic hydroxyl groups is 1. The third kappa shape index (κ3) is 3.12. The number of methoxy groups -OCH3 is 1. The first-order chi connectivity index (χ1) is 13.6. The van der Waals surface area contributed by atoms with E-state index in [0.717, 1.165) is 29.9 Å². The van der Waals surface area contributed by atoms with Crippen LogP contribution in [0.3, 0.4) is 0 Å². The first-order valence-electron chi connectivity index (χ1n) is 8.39. The number of carbonyl (C=O) groups excluding carboxylic acids is 2. The molecule has 0 saturated heterocycles. The summed E-state index contributed by atoms with van der Waals surface area (Å²) in [7, 11) is 1.12. The summed E-state index contributed by atoms with van der Waals surface area (Å²) in [6, 6.07) is 3.14. The Hall–Kier alpha value is -3.36. The SMILES string of the molecule is COC(=O)C(C)c1c(C)n(C(=O)c2ccc(F)c(F)c2)c2cc(F)c(O)c(F)c12. The molecule has 1 atom stereocenters. The van der Waals surface area contributed by atoms with Crippen LogP contribution in [0.4, 0.5) is 17.6 Å². The van der Waals surface area contributed by atoms with Crippen molar-refractivity contribution in [1.82, 2.24) is 4.57 Å². The lowest BCUT2D eigenvalue weighted by Gasteiger charge is -2.11. The molecule has 5 nitrogen and oxygen atoms in total. The van der Waals surface area contributed by atoms with Crippen molar-refractivity contribution in [2.75, 3.05) is 7.11 Å². The van der Waals surface area contributed by atoms with Gasteiger partial charge in [-0.1, -0.05) is 0 Å². The highest BCUT2D eigenvalue weighted by molar-refractivity contribution is 6.05. The van der Waals surface area contributed by atoms with Crippen LogP contribution in [0.2, 0.25) is 0 Å². The molecule has 3 aromatic rings. The van der Waals surface area contributed by atoms with Gasteiger partial charge in [0.1, 0.15) is 0 Å². The molecule has 1 N–H and O–H groups in total. The van der Waals surface area contributed by atoms with Crippen LogP contribution in [0.5, 0.6) is 5.75 Å². The average molecular weight is 409 g/mol. The van der Waals surface area contributed by atoms with Crippen LogP contribution < -0.4 is 0 Å². The summed E-state index contributed by atoms with van der Waals surface area (Å²) in [4.78, 5) is 25.0. The lowest BCUT2D eigenvalue weighted by molar-refractivity contribution is -0.141. The van der Waals surface area contributed by atoms with Crippen molar-refractivity contribution in [3.05, 3.63) is 64.4 Å². The number of ether oxygens (including phenoxy) is 1. The Balaban J connectivity index is 2.38. The molecule has 9 heteroatoms. The Morgan fingerprint density at radius 1 is 1.07 bits per heavy atom. The number of phenolic OH excluding ortho intramolecular Hbond substituents is 1. The van der Waals surface area contributed by atoms with Gasteiger partial charge in [-0.25, -0.2) is 17.6 Å². The zero-order valence-electron chi connectivity index (χ0n) is 15.5. The second-order valence-corrected chi connectivity index (χ2v) is 6.43. The highest BCUT2D eigenvalue weighted by Gasteiger charge is 2.31. The molecular formula is C20H15F4NO4. The fourth-order valence-corrected chi connectivity index (χ4v) is 3.36. The van der Waals surface area contributed by atoms with Gasteiger partial charge in [0.25, 0.3) is 5.91 Å². The van der Waals surface area contributed by atoms with Crippen LogP contribution in [-0.2, 0) is 9.53 Å². The summed E-state index contributed by atoms with van der Waals surface area (Å²) in [6.45, 7) is 2.76. The molecule has 0 aliphatic carbocycles. The number of rotatable bonds is 3. The molecule has 0 spiro atoms. The maximum Gasteiger partial charge on any atom is 0.312 e. The molecule has 1 aromatic heterocycles. The number of nitrogens with zero attached hydrogens (tertiary/aromatic N) is 1. The van der Waals surface area contributed by atoms with Crippen molar-refractivity contribution < 1.29 is 37.0 Å². The van der Waals surface area contributed by atoms with Gasteiger partial charge < -0.3 is 9.84 Å². The van der Waals surface area contributed by atoms with Crippen LogP contribution in [0.25, 0.3) is 10.9 Å². The van der Waals surface area contributed by atoms with Crippen molar-refractivity contribution in [2.24, 2.45) is 0 Å². The Morgan fingerprint density at radius 3 is 2.31 bits per heavy atom. The minimum atomic E-state index is -1.36. The van der Waals surface area contributed by atoms with E-state index in [2.05, 4.69) is 4.74 Å². The van der Waals surface area contributed by atoms with E-state index in [0.29, 0.717) is 6.07 Å². The van der Waals surface area contributed by atoms with Gasteiger partial charge in [-0.2, -0.15) is 0 Å². The number of hydrogen-bond donors (Lipinski definition) is 1. The number of aromatic nitrogens is 1. The molecule has 1 heterocycles. The number of esters is 1. The number of fused-ring (bicyclic) bond motifs is 1. The third-order valence-electron chi connectivity index (χ3n) is 4.77. The summed E-state index contributed by atoms with van der Waals surface area (Å²) in [5.74, 6) is -9.13. The highest BCUT2D eigenvalue weighted by atomic mass is 19.2. The van der Waals surface area contributed by atoms with E-state index in [4.69, 9.17) is 0 Å². The van der Waals surface area contributed by atoms with Crippen molar-refractivity contribution >= 4 is 22.8 Å². The van der Waals surface area contributed by atoms with Gasteiger partial charge in [-0.05, 0) is 37.6 Å². The van der Waals surface area contributed by atoms with Crippen LogP contribution in [0, 0.1) is 30.2 Å². The molecule has 152 valence electrons. The monoisotopic (exact) mass is 409 g/mol. The maximum atomic E-state index is 14.7. The van der Waals surface area contributed by atoms with E-state index >= 15 is 0 Å². The van der Waals surface area contributed by atoms with Gasteiger partial charge in [0.2, 0.25) is 0 Å². The minimum Gasteiger partial charge on any atom is -0.503 e. The standard InChI is InChI=1S/C20H15F4NO4/c1-8(20(28)29-3)15-9(2)25(14-7-13(23)18(26)17(24)16(14)15)19(27)10-4-5-11(21)12(22)6-10/h4-8,26H,1-3H3. The second kappa shape index (κ2) is 7.23. The van der Waals surface area contributed by atoms with E-state index in [1.165, 1.54) is 13.8 Å². The zero-order valence-corrected chi connectivity index (χ0v) is 15.5. The molecule has 0 bridgehead atoms. The third-order valence-corrected chi connectivity index (χ3v) is 4.77. The van der Waals surface area contributed by atoms with Gasteiger partial charge >= 0.3 is 5.97 Å². The summed E-state index contributed by atoms with van der Waals surface area (Å²) < 4.78 is 61.1. The van der Waals surface area contributed by atoms with Crippen LogP contribution in [0.1, 0.15) is 34.5 Å². The number of halogens is 4. The lowest BCUT2D eigenvalue weighted by atomic mass is 9.97. The van der Waals surface area contributed by atoms with E-state index in [1.807, 2.05) is 0 Å². The minimum absolute atomic E-state index is 0.00409. The van der Waals surface area contributed by atoms with Gasteiger partial charge in [-0.15, -0.1) is 0 Å². The molecule has 29 heavy (non-hydrogen) atoms. The average Bonchev–Trinajstić information content (AvgIpc) is 2.98. The highest BCUT2D eigenvalue weighted by Crippen LogP contribution is 2.38. The molecule has 2 aromatic carbocycles. The van der Waals surface area contributed by atoms with Crippen molar-refractivity contribution in [3.63, 3.8) is 0 Å². The zero-order chi connectivity index (χ0) is 21.6. The van der Waals surface area contributed by atoms with Crippen molar-refractivity contribution in [3.8, 4) is 5.75 Å². The van der Waals surface area contributed by atoms with E-state index < -0.39 is 46.8 Å². The molecule has 0 fully saturated rings. The Labute approximate surface area is 162 Å². The quantitative estimate of drug-likeness (QED) is 0.521. The Kier molecular flexibility index (Phi) is 5.08. The molecule has 0 aliphatic rings. The smallest absolute Gasteiger partial charge is 0.312 e. The predicted octanol–water partition coefficient (Wildman–Crippen LogP) is 4.18. The van der Waals surface area contributed by atoms with Crippen LogP contribution in [0.15, 0.2) is 24.3 Å². The number of carbonyl (C=O) groups is 2. The number of hydrogen-bond acceptors (Lipinski definition) is 4. The fourth-order valence-electron chi connectivity index (χ4n) is 3.36. The summed E-state index contributed by atoms with van der Waals surface area (Å²) in [5, 5.41) is 9.33. The number of phenols is 1. The fraction of sp³-hybridized carbons (Fsp3) is 0.200. The van der Waals surface area contributed by atoms with Crippen molar-refractivity contribution in [1.29, 1.82) is 0 Å². The van der Waals surface area contributed by atoms with E-state index in [9.17, 15) is 32.3 Å². The molecule has 0 aliphatic heterocycles. The summed E-state index contributed by atoms with van der Waals surface area (Å²) in [6.07, 6.45) is 0. The Morgan fingerprint density at radius 2 is 1.72 bits per heavy atom. The summed E-state index contributed by atoms with van der Waals surface area (Å²) in [5.41, 5.74) is -0.516. The molecule has 0 radical (unpaired) electrons. The van der Waals surface area contributed by atoms with Gasteiger partial charge in [0, 0.05) is 22.7 Å². The topological polar surface area (TPSA) is 68.5 Å². The van der Waals surface area contributed by atoms with E-state index in [1.54, 1.807) is 0 Å². The van der Waals surface area contributed by atoms with Crippen LogP contribution >= 0.6 is 0 Å². The normalized spacial score (nSPS) is 12.2. The van der Waals surface area contributed by atoms with Crippen LogP contribution in [-0.4, -0.2) is 28.7 Å². The number of benzene rings is 2.